The summed E-state index contributed by atoms with van der Waals surface area (Å²) >= 11 is 1.66. The van der Waals surface area contributed by atoms with Gasteiger partial charge in [-0.1, -0.05) is 19.4 Å². The van der Waals surface area contributed by atoms with Crippen molar-refractivity contribution in [3.05, 3.63) is 50.6 Å². The van der Waals surface area contributed by atoms with E-state index in [2.05, 4.69) is 12.0 Å². The van der Waals surface area contributed by atoms with Gasteiger partial charge >= 0.3 is 0 Å². The lowest BCUT2D eigenvalue weighted by Gasteiger charge is -2.21. The van der Waals surface area contributed by atoms with Gasteiger partial charge in [0, 0.05) is 23.5 Å². The molecule has 0 bridgehead atoms. The minimum absolute atomic E-state index is 0.0776. The molecule has 1 amide bonds. The predicted octanol–water partition coefficient (Wildman–Crippen LogP) is 2.91. The summed E-state index contributed by atoms with van der Waals surface area (Å²) in [6, 6.07) is 7.35. The number of aromatic nitrogens is 2. The Bertz CT molecular complexity index is 720. The maximum Gasteiger partial charge on any atom is 0.274 e. The molecule has 5 nitrogen and oxygen atoms in total. The van der Waals surface area contributed by atoms with E-state index in [9.17, 15) is 9.59 Å². The number of thiophene rings is 1. The Hall–Kier alpha value is -1.95. The molecule has 0 atom stereocenters. The number of carbonyl (C=O) groups is 1. The topological polar surface area (TPSA) is 55.2 Å². The standard InChI is InChI=1S/C17H21N3O2S/c1-2-3-10-20-16(21)9-8-15(18-20)17(22)19(13-6-7-13)12-14-5-4-11-23-14/h4-5,8-9,11,13H,2-3,6-7,10,12H2,1H3. The van der Waals surface area contributed by atoms with Gasteiger partial charge in [-0.2, -0.15) is 5.10 Å². The van der Waals surface area contributed by atoms with E-state index in [4.69, 9.17) is 0 Å². The zero-order valence-electron chi connectivity index (χ0n) is 13.3. The van der Waals surface area contributed by atoms with Gasteiger partial charge in [-0.05, 0) is 36.8 Å². The Balaban J connectivity index is 1.81. The lowest BCUT2D eigenvalue weighted by molar-refractivity contribution is 0.0722. The summed E-state index contributed by atoms with van der Waals surface area (Å²) in [7, 11) is 0. The van der Waals surface area contributed by atoms with E-state index >= 15 is 0 Å². The van der Waals surface area contributed by atoms with Crippen molar-refractivity contribution in [1.29, 1.82) is 0 Å². The van der Waals surface area contributed by atoms with Crippen LogP contribution in [0.15, 0.2) is 34.4 Å². The van der Waals surface area contributed by atoms with Gasteiger partial charge in [-0.15, -0.1) is 11.3 Å². The van der Waals surface area contributed by atoms with Crippen LogP contribution in [0.4, 0.5) is 0 Å². The van der Waals surface area contributed by atoms with E-state index in [1.165, 1.54) is 15.6 Å². The number of hydrogen-bond acceptors (Lipinski definition) is 4. The van der Waals surface area contributed by atoms with Crippen molar-refractivity contribution in [2.75, 3.05) is 0 Å². The molecule has 1 fully saturated rings. The van der Waals surface area contributed by atoms with Crippen molar-refractivity contribution < 1.29 is 4.79 Å². The van der Waals surface area contributed by atoms with Crippen molar-refractivity contribution in [2.24, 2.45) is 0 Å². The zero-order chi connectivity index (χ0) is 16.2. The first kappa shape index (κ1) is 15.9. The number of aryl methyl sites for hydroxylation is 1. The second kappa shape index (κ2) is 7.08. The van der Waals surface area contributed by atoms with Crippen molar-refractivity contribution in [3.8, 4) is 0 Å². The van der Waals surface area contributed by atoms with Crippen LogP contribution in [0.1, 0.15) is 48.0 Å². The number of nitrogens with zero attached hydrogens (tertiary/aromatic N) is 3. The number of rotatable bonds is 7. The predicted molar refractivity (Wildman–Crippen MR) is 90.6 cm³/mol. The van der Waals surface area contributed by atoms with Crippen LogP contribution in [0.2, 0.25) is 0 Å². The van der Waals surface area contributed by atoms with Gasteiger partial charge in [-0.25, -0.2) is 4.68 Å². The molecule has 0 radical (unpaired) electrons. The van der Waals surface area contributed by atoms with Gasteiger partial charge < -0.3 is 4.90 Å². The first-order valence-corrected chi connectivity index (χ1v) is 8.98. The van der Waals surface area contributed by atoms with Gasteiger partial charge in [0.2, 0.25) is 0 Å². The summed E-state index contributed by atoms with van der Waals surface area (Å²) in [6.45, 7) is 3.25. The number of carbonyl (C=O) groups excluding carboxylic acids is 1. The fourth-order valence-electron chi connectivity index (χ4n) is 2.50. The molecule has 2 heterocycles. The normalized spacial score (nSPS) is 14.0. The van der Waals surface area contributed by atoms with Crippen LogP contribution in [0.5, 0.6) is 0 Å². The van der Waals surface area contributed by atoms with Crippen molar-refractivity contribution in [3.63, 3.8) is 0 Å². The van der Waals surface area contributed by atoms with Crippen LogP contribution in [0.25, 0.3) is 0 Å². The Labute approximate surface area is 139 Å². The maximum absolute atomic E-state index is 12.8. The fourth-order valence-corrected chi connectivity index (χ4v) is 3.20. The minimum atomic E-state index is -0.147. The molecule has 0 saturated heterocycles. The molecule has 0 unspecified atom stereocenters. The second-order valence-corrected chi connectivity index (χ2v) is 6.91. The van der Waals surface area contributed by atoms with Crippen LogP contribution < -0.4 is 5.56 Å². The average molecular weight is 331 g/mol. The molecule has 6 heteroatoms. The molecule has 1 saturated carbocycles. The lowest BCUT2D eigenvalue weighted by atomic mass is 10.3. The molecule has 2 aromatic rings. The molecule has 0 N–H and O–H groups in total. The van der Waals surface area contributed by atoms with E-state index < -0.39 is 0 Å². The Kier molecular flexibility index (Phi) is 4.91. The lowest BCUT2D eigenvalue weighted by Crippen LogP contribution is -2.35. The minimum Gasteiger partial charge on any atom is -0.329 e. The molecule has 0 aromatic carbocycles. The highest BCUT2D eigenvalue weighted by atomic mass is 32.1. The highest BCUT2D eigenvalue weighted by Gasteiger charge is 2.34. The monoisotopic (exact) mass is 331 g/mol. The maximum atomic E-state index is 12.8. The highest BCUT2D eigenvalue weighted by molar-refractivity contribution is 7.09. The third-order valence-electron chi connectivity index (χ3n) is 3.96. The summed E-state index contributed by atoms with van der Waals surface area (Å²) < 4.78 is 1.41. The van der Waals surface area contributed by atoms with Crippen LogP contribution in [0.3, 0.4) is 0 Å². The number of unbranched alkanes of at least 4 members (excludes halogenated alkanes) is 1. The van der Waals surface area contributed by atoms with Crippen molar-refractivity contribution in [1.82, 2.24) is 14.7 Å². The van der Waals surface area contributed by atoms with Crippen LogP contribution >= 0.6 is 11.3 Å². The molecular formula is C17H21N3O2S. The molecule has 0 spiro atoms. The largest absolute Gasteiger partial charge is 0.329 e. The second-order valence-electron chi connectivity index (χ2n) is 5.88. The fraction of sp³-hybridized carbons (Fsp3) is 0.471. The molecule has 2 aromatic heterocycles. The van der Waals surface area contributed by atoms with E-state index in [-0.39, 0.29) is 11.5 Å². The first-order chi connectivity index (χ1) is 11.2. The third kappa shape index (κ3) is 3.88. The van der Waals surface area contributed by atoms with Gasteiger partial charge in [0.25, 0.3) is 11.5 Å². The van der Waals surface area contributed by atoms with E-state index in [0.717, 1.165) is 25.7 Å². The van der Waals surface area contributed by atoms with Crippen LogP contribution in [-0.4, -0.2) is 26.6 Å². The summed E-state index contributed by atoms with van der Waals surface area (Å²) in [4.78, 5) is 27.8. The molecular weight excluding hydrogens is 310 g/mol. The molecule has 23 heavy (non-hydrogen) atoms. The summed E-state index contributed by atoms with van der Waals surface area (Å²) in [5.74, 6) is -0.0776. The summed E-state index contributed by atoms with van der Waals surface area (Å²) in [5, 5.41) is 6.31. The Morgan fingerprint density at radius 3 is 2.87 bits per heavy atom. The van der Waals surface area contributed by atoms with Gasteiger partial charge in [0.1, 0.15) is 5.69 Å². The van der Waals surface area contributed by atoms with Crippen molar-refractivity contribution in [2.45, 2.75) is 51.7 Å². The summed E-state index contributed by atoms with van der Waals surface area (Å²) in [5.41, 5.74) is 0.218. The third-order valence-corrected chi connectivity index (χ3v) is 4.83. The molecule has 1 aliphatic carbocycles. The van der Waals surface area contributed by atoms with Gasteiger partial charge in [0.05, 0.1) is 6.54 Å². The number of hydrogen-bond donors (Lipinski definition) is 0. The average Bonchev–Trinajstić information content (AvgIpc) is 3.27. The van der Waals surface area contributed by atoms with E-state index in [1.54, 1.807) is 17.4 Å². The van der Waals surface area contributed by atoms with Crippen molar-refractivity contribution >= 4 is 17.2 Å². The molecule has 1 aliphatic rings. The quantitative estimate of drug-likeness (QED) is 0.784. The molecule has 3 rings (SSSR count). The summed E-state index contributed by atoms with van der Waals surface area (Å²) in [6.07, 6.45) is 3.96. The van der Waals surface area contributed by atoms with Gasteiger partial charge in [0.15, 0.2) is 0 Å². The SMILES string of the molecule is CCCCn1nc(C(=O)N(Cc2cccs2)C2CC2)ccc1=O. The van der Waals surface area contributed by atoms with E-state index in [1.807, 2.05) is 22.4 Å². The van der Waals surface area contributed by atoms with E-state index in [0.29, 0.717) is 24.8 Å². The molecule has 0 aliphatic heterocycles. The van der Waals surface area contributed by atoms with Gasteiger partial charge in [-0.3, -0.25) is 9.59 Å². The van der Waals surface area contributed by atoms with Crippen LogP contribution in [-0.2, 0) is 13.1 Å². The first-order valence-electron chi connectivity index (χ1n) is 8.10. The number of amides is 1. The zero-order valence-corrected chi connectivity index (χ0v) is 14.1. The van der Waals surface area contributed by atoms with Crippen LogP contribution in [0, 0.1) is 0 Å². The Morgan fingerprint density at radius 1 is 1.39 bits per heavy atom. The smallest absolute Gasteiger partial charge is 0.274 e. The molecule has 122 valence electrons. The Morgan fingerprint density at radius 2 is 2.22 bits per heavy atom. The highest BCUT2D eigenvalue weighted by Crippen LogP contribution is 2.30.